The van der Waals surface area contributed by atoms with Gasteiger partial charge in [-0.15, -0.1) is 0 Å². The zero-order valence-corrected chi connectivity index (χ0v) is 11.1. The third-order valence-corrected chi connectivity index (χ3v) is 2.87. The Bertz CT molecular complexity index is 546. The molecule has 0 atom stereocenters. The van der Waals surface area contributed by atoms with Crippen molar-refractivity contribution in [3.8, 4) is 17.0 Å². The Morgan fingerprint density at radius 2 is 2.06 bits per heavy atom. The van der Waals surface area contributed by atoms with Gasteiger partial charge in [-0.05, 0) is 32.0 Å². The molecule has 0 aliphatic rings. The summed E-state index contributed by atoms with van der Waals surface area (Å²) in [7, 11) is 1.69. The molecule has 0 radical (unpaired) electrons. The summed E-state index contributed by atoms with van der Waals surface area (Å²) in [5, 5.41) is 4.46. The second-order valence-electron chi connectivity index (χ2n) is 4.39. The number of nitrogens with two attached hydrogens (primary N) is 1. The molecule has 2 aromatic rings. The molecule has 0 unspecified atom stereocenters. The van der Waals surface area contributed by atoms with Gasteiger partial charge >= 0.3 is 0 Å². The van der Waals surface area contributed by atoms with E-state index >= 15 is 0 Å². The predicted molar refractivity (Wildman–Crippen MR) is 72.7 cm³/mol. The van der Waals surface area contributed by atoms with Crippen molar-refractivity contribution < 1.29 is 4.74 Å². The van der Waals surface area contributed by atoms with Gasteiger partial charge < -0.3 is 10.5 Å². The van der Waals surface area contributed by atoms with Crippen molar-refractivity contribution in [1.82, 2.24) is 9.78 Å². The maximum Gasteiger partial charge on any atom is 0.128 e. The summed E-state index contributed by atoms with van der Waals surface area (Å²) in [6.07, 6.45) is 0. The smallest absolute Gasteiger partial charge is 0.128 e. The lowest BCUT2D eigenvalue weighted by Crippen LogP contribution is -2.12. The van der Waals surface area contributed by atoms with Gasteiger partial charge in [-0.3, -0.25) is 4.68 Å². The molecule has 4 heteroatoms. The number of ether oxygens (including phenoxy) is 1. The van der Waals surface area contributed by atoms with Crippen LogP contribution in [0.25, 0.3) is 11.3 Å². The Morgan fingerprint density at radius 1 is 1.28 bits per heavy atom. The first kappa shape index (κ1) is 12.6. The topological polar surface area (TPSA) is 53.1 Å². The van der Waals surface area contributed by atoms with E-state index in [-0.39, 0.29) is 0 Å². The van der Waals surface area contributed by atoms with Gasteiger partial charge in [0, 0.05) is 12.1 Å². The fraction of sp³-hybridized carbons (Fsp3) is 0.357. The van der Waals surface area contributed by atoms with E-state index < -0.39 is 0 Å². The summed E-state index contributed by atoms with van der Waals surface area (Å²) in [6, 6.07) is 8.20. The van der Waals surface area contributed by atoms with Gasteiger partial charge in [0.2, 0.25) is 0 Å². The van der Waals surface area contributed by atoms with Crippen LogP contribution in [0.15, 0.2) is 24.3 Å². The maximum atomic E-state index is 5.63. The minimum absolute atomic E-state index is 0.572. The van der Waals surface area contributed by atoms with Crippen LogP contribution in [-0.2, 0) is 6.54 Å². The van der Waals surface area contributed by atoms with Crippen molar-refractivity contribution in [1.29, 1.82) is 0 Å². The number of hydrogen-bond donors (Lipinski definition) is 1. The van der Waals surface area contributed by atoms with Crippen LogP contribution >= 0.6 is 0 Å². The Labute approximate surface area is 107 Å². The van der Waals surface area contributed by atoms with E-state index in [2.05, 4.69) is 24.2 Å². The largest absolute Gasteiger partial charge is 0.496 e. The first-order valence-corrected chi connectivity index (χ1v) is 6.05. The molecule has 0 aliphatic heterocycles. The lowest BCUT2D eigenvalue weighted by Gasteiger charge is -2.11. The SMILES string of the molecule is COc1ccc(C)cc1-c1cc(C)nn1CCN. The third-order valence-electron chi connectivity index (χ3n) is 2.87. The second kappa shape index (κ2) is 5.23. The summed E-state index contributed by atoms with van der Waals surface area (Å²) in [5.74, 6) is 0.860. The average molecular weight is 245 g/mol. The molecule has 2 N–H and O–H groups in total. The van der Waals surface area contributed by atoms with Gasteiger partial charge in [-0.1, -0.05) is 11.6 Å². The Kier molecular flexibility index (Phi) is 3.67. The molecule has 0 amide bonds. The van der Waals surface area contributed by atoms with Crippen LogP contribution in [0.4, 0.5) is 0 Å². The van der Waals surface area contributed by atoms with E-state index in [4.69, 9.17) is 10.5 Å². The zero-order valence-electron chi connectivity index (χ0n) is 11.1. The molecule has 96 valence electrons. The zero-order chi connectivity index (χ0) is 13.1. The van der Waals surface area contributed by atoms with E-state index in [1.54, 1.807) is 7.11 Å². The fourth-order valence-electron chi connectivity index (χ4n) is 2.08. The minimum Gasteiger partial charge on any atom is -0.496 e. The highest BCUT2D eigenvalue weighted by Gasteiger charge is 2.12. The molecule has 0 fully saturated rings. The van der Waals surface area contributed by atoms with Gasteiger partial charge in [0.1, 0.15) is 5.75 Å². The minimum atomic E-state index is 0.572. The predicted octanol–water partition coefficient (Wildman–Crippen LogP) is 2.13. The normalized spacial score (nSPS) is 10.7. The lowest BCUT2D eigenvalue weighted by molar-refractivity contribution is 0.415. The first-order valence-electron chi connectivity index (χ1n) is 6.05. The molecule has 4 nitrogen and oxygen atoms in total. The van der Waals surface area contributed by atoms with Crippen molar-refractivity contribution in [2.75, 3.05) is 13.7 Å². The molecule has 18 heavy (non-hydrogen) atoms. The molecule has 2 rings (SSSR count). The van der Waals surface area contributed by atoms with Gasteiger partial charge in [-0.25, -0.2) is 0 Å². The Morgan fingerprint density at radius 3 is 2.72 bits per heavy atom. The number of nitrogens with zero attached hydrogens (tertiary/aromatic N) is 2. The first-order chi connectivity index (χ1) is 8.65. The average Bonchev–Trinajstić information content (AvgIpc) is 2.71. The highest BCUT2D eigenvalue weighted by molar-refractivity contribution is 5.68. The highest BCUT2D eigenvalue weighted by Crippen LogP contribution is 2.31. The summed E-state index contributed by atoms with van der Waals surface area (Å²) in [4.78, 5) is 0. The molecule has 0 aliphatic carbocycles. The number of hydrogen-bond acceptors (Lipinski definition) is 3. The van der Waals surface area contributed by atoms with Crippen molar-refractivity contribution in [2.45, 2.75) is 20.4 Å². The Balaban J connectivity index is 2.56. The van der Waals surface area contributed by atoms with Gasteiger partial charge in [0.25, 0.3) is 0 Å². The van der Waals surface area contributed by atoms with Crippen LogP contribution in [0.1, 0.15) is 11.3 Å². The molecular formula is C14H19N3O. The molecule has 0 saturated carbocycles. The molecule has 1 aromatic heterocycles. The van der Waals surface area contributed by atoms with Crippen molar-refractivity contribution in [3.63, 3.8) is 0 Å². The Hall–Kier alpha value is -1.81. The number of aromatic nitrogens is 2. The number of rotatable bonds is 4. The molecular weight excluding hydrogens is 226 g/mol. The second-order valence-corrected chi connectivity index (χ2v) is 4.39. The van der Waals surface area contributed by atoms with E-state index in [9.17, 15) is 0 Å². The van der Waals surface area contributed by atoms with Crippen molar-refractivity contribution >= 4 is 0 Å². The van der Waals surface area contributed by atoms with Crippen LogP contribution in [0.3, 0.4) is 0 Å². The van der Waals surface area contributed by atoms with Crippen molar-refractivity contribution in [2.24, 2.45) is 5.73 Å². The monoisotopic (exact) mass is 245 g/mol. The van der Waals surface area contributed by atoms with Crippen LogP contribution in [0.2, 0.25) is 0 Å². The third kappa shape index (κ3) is 2.38. The van der Waals surface area contributed by atoms with E-state index in [1.165, 1.54) is 5.56 Å². The molecule has 0 saturated heterocycles. The summed E-state index contributed by atoms with van der Waals surface area (Å²) in [6.45, 7) is 5.33. The summed E-state index contributed by atoms with van der Waals surface area (Å²) in [5.41, 5.74) is 9.93. The molecule has 0 bridgehead atoms. The number of methoxy groups -OCH3 is 1. The lowest BCUT2D eigenvalue weighted by atomic mass is 10.1. The number of benzene rings is 1. The van der Waals surface area contributed by atoms with Gasteiger partial charge in [0.15, 0.2) is 0 Å². The van der Waals surface area contributed by atoms with Gasteiger partial charge in [-0.2, -0.15) is 5.10 Å². The molecule has 1 heterocycles. The maximum absolute atomic E-state index is 5.63. The quantitative estimate of drug-likeness (QED) is 0.897. The molecule has 0 spiro atoms. The van der Waals surface area contributed by atoms with Crippen LogP contribution < -0.4 is 10.5 Å². The number of aryl methyl sites for hydroxylation is 2. The highest BCUT2D eigenvalue weighted by atomic mass is 16.5. The van der Waals surface area contributed by atoms with Crippen molar-refractivity contribution in [3.05, 3.63) is 35.5 Å². The van der Waals surface area contributed by atoms with Crippen LogP contribution in [0.5, 0.6) is 5.75 Å². The van der Waals surface area contributed by atoms with Gasteiger partial charge in [0.05, 0.1) is 25.0 Å². The standard InChI is InChI=1S/C14H19N3O/c1-10-4-5-14(18-3)12(8-10)13-9-11(2)16-17(13)7-6-15/h4-5,8-9H,6-7,15H2,1-3H3. The summed E-state index contributed by atoms with van der Waals surface area (Å²) >= 11 is 0. The van der Waals surface area contributed by atoms with E-state index in [0.717, 1.165) is 22.7 Å². The summed E-state index contributed by atoms with van der Waals surface area (Å²) < 4.78 is 7.36. The fourth-order valence-corrected chi connectivity index (χ4v) is 2.08. The van der Waals surface area contributed by atoms with E-state index in [1.807, 2.05) is 23.7 Å². The van der Waals surface area contributed by atoms with E-state index in [0.29, 0.717) is 13.1 Å². The molecule has 1 aromatic carbocycles. The van der Waals surface area contributed by atoms with Crippen LogP contribution in [-0.4, -0.2) is 23.4 Å². The van der Waals surface area contributed by atoms with Crippen LogP contribution in [0, 0.1) is 13.8 Å².